The van der Waals surface area contributed by atoms with Gasteiger partial charge in [0.2, 0.25) is 10.0 Å². The molecule has 1 aliphatic rings. The molecule has 0 aliphatic carbocycles. The first-order valence-electron chi connectivity index (χ1n) is 5.48. The number of benzene rings is 1. The number of hydrogen-bond acceptors (Lipinski definition) is 3. The van der Waals surface area contributed by atoms with E-state index in [1.165, 1.54) is 10.6 Å². The molecule has 0 atom stereocenters. The monoisotopic (exact) mass is 255 g/mol. The van der Waals surface area contributed by atoms with Crippen LogP contribution in [0.3, 0.4) is 0 Å². The molecule has 0 radical (unpaired) electrons. The predicted molar refractivity (Wildman–Crippen MR) is 66.4 cm³/mol. The Morgan fingerprint density at radius 3 is 2.59 bits per heavy atom. The molecule has 1 aromatic carbocycles. The number of phenols is 1. The largest absolute Gasteiger partial charge is 0.508 e. The Hall–Kier alpha value is -1.07. The van der Waals surface area contributed by atoms with Gasteiger partial charge in [0.15, 0.2) is 0 Å². The van der Waals surface area contributed by atoms with Crippen molar-refractivity contribution in [3.8, 4) is 5.75 Å². The normalized spacial score (nSPS) is 19.9. The Labute approximate surface area is 102 Å². The van der Waals surface area contributed by atoms with Crippen molar-refractivity contribution in [2.75, 3.05) is 12.8 Å². The number of sulfonamides is 1. The third-order valence-electron chi connectivity index (χ3n) is 3.21. The number of rotatable bonds is 1. The summed E-state index contributed by atoms with van der Waals surface area (Å²) in [6, 6.07) is 5.12. The number of aromatic hydroxyl groups is 1. The fourth-order valence-electron chi connectivity index (χ4n) is 2.34. The maximum absolute atomic E-state index is 11.6. The maximum Gasteiger partial charge on any atom is 0.211 e. The fourth-order valence-corrected chi connectivity index (χ4v) is 3.27. The van der Waals surface area contributed by atoms with Gasteiger partial charge >= 0.3 is 0 Å². The van der Waals surface area contributed by atoms with E-state index in [0.717, 1.165) is 11.1 Å². The summed E-state index contributed by atoms with van der Waals surface area (Å²) in [5.41, 5.74) is 1.71. The molecule has 1 aromatic rings. The van der Waals surface area contributed by atoms with Crippen LogP contribution in [0.25, 0.3) is 0 Å². The SMILES string of the molecule is CC1(C)CN(S(C)(=O)=O)Cc2ccc(O)cc21. The molecule has 0 saturated heterocycles. The highest BCUT2D eigenvalue weighted by molar-refractivity contribution is 7.88. The van der Waals surface area contributed by atoms with Gasteiger partial charge in [0.05, 0.1) is 6.26 Å². The summed E-state index contributed by atoms with van der Waals surface area (Å²) in [6.45, 7) is 4.81. The van der Waals surface area contributed by atoms with Crippen molar-refractivity contribution in [1.29, 1.82) is 0 Å². The van der Waals surface area contributed by atoms with Crippen molar-refractivity contribution in [3.63, 3.8) is 0 Å². The third kappa shape index (κ3) is 2.30. The summed E-state index contributed by atoms with van der Waals surface area (Å²) >= 11 is 0. The van der Waals surface area contributed by atoms with Crippen LogP contribution in [0.4, 0.5) is 0 Å². The number of hydrogen-bond donors (Lipinski definition) is 1. The molecule has 1 aliphatic heterocycles. The van der Waals surface area contributed by atoms with Gasteiger partial charge in [0, 0.05) is 18.5 Å². The summed E-state index contributed by atoms with van der Waals surface area (Å²) in [5.74, 6) is 0.227. The van der Waals surface area contributed by atoms with Crippen LogP contribution in [0.15, 0.2) is 18.2 Å². The van der Waals surface area contributed by atoms with Crippen LogP contribution in [0.5, 0.6) is 5.75 Å². The van der Waals surface area contributed by atoms with Gasteiger partial charge in [-0.05, 0) is 23.3 Å². The smallest absolute Gasteiger partial charge is 0.211 e. The lowest BCUT2D eigenvalue weighted by atomic mass is 9.79. The van der Waals surface area contributed by atoms with Crippen molar-refractivity contribution >= 4 is 10.0 Å². The second-order valence-corrected chi connectivity index (χ2v) is 7.24. The van der Waals surface area contributed by atoms with Gasteiger partial charge in [-0.2, -0.15) is 4.31 Å². The molecular weight excluding hydrogens is 238 g/mol. The van der Waals surface area contributed by atoms with E-state index in [9.17, 15) is 13.5 Å². The fraction of sp³-hybridized carbons (Fsp3) is 0.500. The molecule has 0 spiro atoms. The van der Waals surface area contributed by atoms with Crippen LogP contribution in [-0.4, -0.2) is 30.6 Å². The molecule has 0 unspecified atom stereocenters. The van der Waals surface area contributed by atoms with E-state index in [-0.39, 0.29) is 11.2 Å². The molecule has 0 bridgehead atoms. The first kappa shape index (κ1) is 12.4. The van der Waals surface area contributed by atoms with Crippen LogP contribution in [0.1, 0.15) is 25.0 Å². The van der Waals surface area contributed by atoms with E-state index in [4.69, 9.17) is 0 Å². The van der Waals surface area contributed by atoms with Gasteiger partial charge in [0.25, 0.3) is 0 Å². The van der Waals surface area contributed by atoms with Crippen molar-refractivity contribution in [1.82, 2.24) is 4.31 Å². The first-order chi connectivity index (χ1) is 7.70. The summed E-state index contributed by atoms with van der Waals surface area (Å²) in [6.07, 6.45) is 1.23. The topological polar surface area (TPSA) is 57.6 Å². The Kier molecular flexibility index (Phi) is 2.71. The minimum Gasteiger partial charge on any atom is -0.508 e. The van der Waals surface area contributed by atoms with E-state index in [2.05, 4.69) is 0 Å². The first-order valence-corrected chi connectivity index (χ1v) is 7.32. The molecule has 0 amide bonds. The molecule has 0 saturated carbocycles. The summed E-state index contributed by atoms with van der Waals surface area (Å²) in [4.78, 5) is 0. The molecule has 2 rings (SSSR count). The van der Waals surface area contributed by atoms with Crippen LogP contribution in [-0.2, 0) is 22.0 Å². The van der Waals surface area contributed by atoms with Gasteiger partial charge in [0.1, 0.15) is 5.75 Å². The average molecular weight is 255 g/mol. The Morgan fingerprint density at radius 1 is 1.35 bits per heavy atom. The summed E-state index contributed by atoms with van der Waals surface area (Å²) in [7, 11) is -3.18. The molecule has 94 valence electrons. The maximum atomic E-state index is 11.6. The van der Waals surface area contributed by atoms with E-state index in [0.29, 0.717) is 13.1 Å². The van der Waals surface area contributed by atoms with Crippen molar-refractivity contribution in [2.45, 2.75) is 25.8 Å². The second kappa shape index (κ2) is 3.71. The average Bonchev–Trinajstić information content (AvgIpc) is 2.16. The molecule has 1 N–H and O–H groups in total. The lowest BCUT2D eigenvalue weighted by Gasteiger charge is -2.38. The molecule has 17 heavy (non-hydrogen) atoms. The quantitative estimate of drug-likeness (QED) is 0.826. The number of phenolic OH excluding ortho intramolecular Hbond substituents is 1. The van der Waals surface area contributed by atoms with Crippen molar-refractivity contribution in [2.24, 2.45) is 0 Å². The highest BCUT2D eigenvalue weighted by atomic mass is 32.2. The third-order valence-corrected chi connectivity index (χ3v) is 4.41. The van der Waals surface area contributed by atoms with Gasteiger partial charge in [-0.1, -0.05) is 19.9 Å². The molecule has 0 aromatic heterocycles. The zero-order valence-corrected chi connectivity index (χ0v) is 11.1. The molecule has 5 heteroatoms. The molecule has 0 fully saturated rings. The second-order valence-electron chi connectivity index (χ2n) is 5.26. The van der Waals surface area contributed by atoms with E-state index < -0.39 is 10.0 Å². The molecular formula is C12H17NO3S. The minimum absolute atomic E-state index is 0.227. The highest BCUT2D eigenvalue weighted by Gasteiger charge is 2.35. The Balaban J connectivity index is 2.51. The van der Waals surface area contributed by atoms with E-state index >= 15 is 0 Å². The highest BCUT2D eigenvalue weighted by Crippen LogP contribution is 2.36. The Morgan fingerprint density at radius 2 is 2.00 bits per heavy atom. The van der Waals surface area contributed by atoms with Crippen LogP contribution in [0.2, 0.25) is 0 Å². The van der Waals surface area contributed by atoms with E-state index in [1.807, 2.05) is 13.8 Å². The van der Waals surface area contributed by atoms with E-state index in [1.54, 1.807) is 18.2 Å². The van der Waals surface area contributed by atoms with Gasteiger partial charge in [-0.25, -0.2) is 8.42 Å². The summed E-state index contributed by atoms with van der Waals surface area (Å²) < 4.78 is 24.7. The van der Waals surface area contributed by atoms with Gasteiger partial charge < -0.3 is 5.11 Å². The zero-order valence-electron chi connectivity index (χ0n) is 10.3. The number of nitrogens with zero attached hydrogens (tertiary/aromatic N) is 1. The minimum atomic E-state index is -3.18. The van der Waals surface area contributed by atoms with Gasteiger partial charge in [-0.15, -0.1) is 0 Å². The zero-order chi connectivity index (χ0) is 12.8. The lowest BCUT2D eigenvalue weighted by molar-refractivity contribution is 0.300. The standard InChI is InChI=1S/C12H17NO3S/c1-12(2)8-13(17(3,15)16)7-9-4-5-10(14)6-11(9)12/h4-6,14H,7-8H2,1-3H3. The van der Waals surface area contributed by atoms with Crippen molar-refractivity contribution < 1.29 is 13.5 Å². The lowest BCUT2D eigenvalue weighted by Crippen LogP contribution is -2.44. The van der Waals surface area contributed by atoms with Crippen LogP contribution < -0.4 is 0 Å². The van der Waals surface area contributed by atoms with Crippen LogP contribution >= 0.6 is 0 Å². The van der Waals surface area contributed by atoms with Crippen LogP contribution in [0, 0.1) is 0 Å². The molecule has 4 nitrogen and oxygen atoms in total. The molecule has 1 heterocycles. The predicted octanol–water partition coefficient (Wildman–Crippen LogP) is 1.44. The van der Waals surface area contributed by atoms with Gasteiger partial charge in [-0.3, -0.25) is 0 Å². The number of fused-ring (bicyclic) bond motifs is 1. The Bertz CT molecular complexity index is 549. The van der Waals surface area contributed by atoms with Crippen molar-refractivity contribution in [3.05, 3.63) is 29.3 Å². The summed E-state index contributed by atoms with van der Waals surface area (Å²) in [5, 5.41) is 9.51.